The minimum absolute atomic E-state index is 0.0645. The molecular weight excluding hydrogens is 536 g/mol. The summed E-state index contributed by atoms with van der Waals surface area (Å²) in [7, 11) is 1.72. The van der Waals surface area contributed by atoms with Crippen molar-refractivity contribution in [2.75, 3.05) is 11.5 Å². The van der Waals surface area contributed by atoms with E-state index in [9.17, 15) is 14.7 Å². The standard InChI is InChI=1S/C27H31ClN8O4/c1-3-34-13-16-17(31-34)9-8-15(22(16)28)23-21-24(36(32-23)20-6-4-5-11-40-20)30-26(33(2)25(21)37)35-14-7-10-19(35)18(12-14)29-27(38)39/h8-9,13-14,18-20,29H,3-7,10-12H2,1-2H3,(H,38,39)/t14-,18+,19+,20?/m0/s1. The average Bonchev–Trinajstić information content (AvgIpc) is 3.72. The maximum absolute atomic E-state index is 14.1. The lowest BCUT2D eigenvalue weighted by atomic mass is 9.96. The normalized spacial score (nSPS) is 24.4. The van der Waals surface area contributed by atoms with E-state index in [-0.39, 0.29) is 29.9 Å². The summed E-state index contributed by atoms with van der Waals surface area (Å²) in [5.74, 6) is 0.522. The number of aromatic nitrogens is 6. The van der Waals surface area contributed by atoms with Crippen LogP contribution in [0, 0.1) is 0 Å². The summed E-state index contributed by atoms with van der Waals surface area (Å²) in [6.07, 6.45) is 5.69. The molecule has 3 aromatic heterocycles. The summed E-state index contributed by atoms with van der Waals surface area (Å²) in [6.45, 7) is 3.34. The molecule has 4 atom stereocenters. The van der Waals surface area contributed by atoms with E-state index in [0.717, 1.165) is 43.0 Å². The van der Waals surface area contributed by atoms with Crippen molar-refractivity contribution in [2.24, 2.45) is 7.05 Å². The summed E-state index contributed by atoms with van der Waals surface area (Å²) in [6, 6.07) is 3.59. The molecule has 1 aromatic carbocycles. The van der Waals surface area contributed by atoms with Gasteiger partial charge in [0.05, 0.1) is 22.6 Å². The highest BCUT2D eigenvalue weighted by Crippen LogP contribution is 2.42. The summed E-state index contributed by atoms with van der Waals surface area (Å²) >= 11 is 6.95. The summed E-state index contributed by atoms with van der Waals surface area (Å²) in [5.41, 5.74) is 2.11. The quantitative estimate of drug-likeness (QED) is 0.372. The Morgan fingerprint density at radius 2 is 2.08 bits per heavy atom. The molecule has 1 amide bonds. The van der Waals surface area contributed by atoms with Gasteiger partial charge in [0.2, 0.25) is 5.95 Å². The zero-order valence-corrected chi connectivity index (χ0v) is 23.1. The molecule has 0 radical (unpaired) electrons. The second-order valence-corrected chi connectivity index (χ2v) is 11.3. The van der Waals surface area contributed by atoms with Crippen LogP contribution in [-0.4, -0.2) is 65.0 Å². The minimum atomic E-state index is -1.04. The molecule has 0 saturated carbocycles. The van der Waals surface area contributed by atoms with Gasteiger partial charge in [-0.05, 0) is 57.6 Å². The van der Waals surface area contributed by atoms with Crippen LogP contribution in [0.4, 0.5) is 10.7 Å². The van der Waals surface area contributed by atoms with Crippen LogP contribution >= 0.6 is 11.6 Å². The second kappa shape index (κ2) is 9.48. The molecule has 1 unspecified atom stereocenters. The Bertz CT molecular complexity index is 1700. The van der Waals surface area contributed by atoms with Crippen LogP contribution in [0.25, 0.3) is 33.2 Å². The fraction of sp³-hybridized carbons (Fsp3) is 0.519. The van der Waals surface area contributed by atoms with Crippen molar-refractivity contribution in [1.82, 2.24) is 34.4 Å². The Balaban J connectivity index is 1.42. The number of anilines is 1. The average molecular weight is 567 g/mol. The Morgan fingerprint density at radius 1 is 1.23 bits per heavy atom. The van der Waals surface area contributed by atoms with Gasteiger partial charge in [0.15, 0.2) is 11.9 Å². The molecule has 3 fully saturated rings. The monoisotopic (exact) mass is 566 g/mol. The van der Waals surface area contributed by atoms with Crippen LogP contribution in [0.15, 0.2) is 23.1 Å². The molecule has 40 heavy (non-hydrogen) atoms. The predicted octanol–water partition coefficient (Wildman–Crippen LogP) is 3.90. The third-order valence-electron chi connectivity index (χ3n) is 8.66. The minimum Gasteiger partial charge on any atom is -0.465 e. The number of carboxylic acid groups (broad SMARTS) is 1. The first-order chi connectivity index (χ1) is 19.4. The molecule has 6 heterocycles. The maximum atomic E-state index is 14.1. The number of rotatable bonds is 5. The molecule has 13 heteroatoms. The number of ether oxygens (including phenoxy) is 1. The molecular formula is C27H31ClN8O4. The number of amides is 1. The molecule has 4 aromatic rings. The van der Waals surface area contributed by atoms with Gasteiger partial charge in [-0.2, -0.15) is 15.2 Å². The van der Waals surface area contributed by atoms with Gasteiger partial charge in [0.1, 0.15) is 11.1 Å². The Hall–Kier alpha value is -3.64. The van der Waals surface area contributed by atoms with Crippen LogP contribution < -0.4 is 15.8 Å². The molecule has 0 aliphatic carbocycles. The van der Waals surface area contributed by atoms with Crippen LogP contribution in [-0.2, 0) is 18.3 Å². The van der Waals surface area contributed by atoms with Crippen LogP contribution in [0.5, 0.6) is 0 Å². The van der Waals surface area contributed by atoms with Crippen LogP contribution in [0.2, 0.25) is 5.02 Å². The first-order valence-corrected chi connectivity index (χ1v) is 14.3. The Kier molecular flexibility index (Phi) is 6.00. The second-order valence-electron chi connectivity index (χ2n) is 10.9. The van der Waals surface area contributed by atoms with Crippen molar-refractivity contribution < 1.29 is 14.6 Å². The Morgan fingerprint density at radius 3 is 2.83 bits per heavy atom. The fourth-order valence-electron chi connectivity index (χ4n) is 6.76. The zero-order valence-electron chi connectivity index (χ0n) is 22.4. The van der Waals surface area contributed by atoms with Gasteiger partial charge < -0.3 is 20.1 Å². The van der Waals surface area contributed by atoms with E-state index in [1.54, 1.807) is 16.3 Å². The molecule has 3 aliphatic rings. The summed E-state index contributed by atoms with van der Waals surface area (Å²) in [5, 5.41) is 23.2. The highest BCUT2D eigenvalue weighted by atomic mass is 35.5. The smallest absolute Gasteiger partial charge is 0.404 e. The van der Waals surface area contributed by atoms with Gasteiger partial charge >= 0.3 is 6.09 Å². The molecule has 2 N–H and O–H groups in total. The number of hydrogen-bond donors (Lipinski definition) is 2. The van der Waals surface area contributed by atoms with Crippen molar-refractivity contribution in [3.8, 4) is 11.3 Å². The van der Waals surface area contributed by atoms with Crippen molar-refractivity contribution in [2.45, 2.75) is 76.3 Å². The maximum Gasteiger partial charge on any atom is 0.404 e. The first-order valence-electron chi connectivity index (χ1n) is 13.9. The van der Waals surface area contributed by atoms with E-state index in [1.165, 1.54) is 0 Å². The van der Waals surface area contributed by atoms with E-state index in [4.69, 9.17) is 26.4 Å². The van der Waals surface area contributed by atoms with E-state index >= 15 is 0 Å². The first kappa shape index (κ1) is 25.3. The van der Waals surface area contributed by atoms with Gasteiger partial charge in [-0.15, -0.1) is 0 Å². The fourth-order valence-corrected chi connectivity index (χ4v) is 7.06. The largest absolute Gasteiger partial charge is 0.465 e. The number of halogens is 1. The number of nitrogens with one attached hydrogen (secondary N) is 1. The van der Waals surface area contributed by atoms with E-state index in [1.807, 2.05) is 29.9 Å². The van der Waals surface area contributed by atoms with Gasteiger partial charge in [-0.3, -0.25) is 14.0 Å². The zero-order chi connectivity index (χ0) is 27.7. The lowest BCUT2D eigenvalue weighted by molar-refractivity contribution is -0.0368. The van der Waals surface area contributed by atoms with Crippen LogP contribution in [0.1, 0.15) is 51.7 Å². The van der Waals surface area contributed by atoms with Crippen molar-refractivity contribution in [3.63, 3.8) is 0 Å². The predicted molar refractivity (Wildman–Crippen MR) is 150 cm³/mol. The van der Waals surface area contributed by atoms with Crippen molar-refractivity contribution in [1.29, 1.82) is 0 Å². The number of nitrogens with zero attached hydrogens (tertiary/aromatic N) is 7. The molecule has 210 valence electrons. The topological polar surface area (TPSA) is 132 Å². The van der Waals surface area contributed by atoms with Gasteiger partial charge in [-0.25, -0.2) is 9.48 Å². The van der Waals surface area contributed by atoms with E-state index in [0.29, 0.717) is 52.8 Å². The van der Waals surface area contributed by atoms with Gasteiger partial charge in [0, 0.05) is 43.4 Å². The summed E-state index contributed by atoms with van der Waals surface area (Å²) < 4.78 is 11.2. The number of fused-ring (bicyclic) bond motifs is 4. The summed E-state index contributed by atoms with van der Waals surface area (Å²) in [4.78, 5) is 32.8. The highest BCUT2D eigenvalue weighted by Gasteiger charge is 2.48. The number of carbonyl (C=O) groups is 1. The molecule has 3 saturated heterocycles. The van der Waals surface area contributed by atoms with Crippen LogP contribution in [0.3, 0.4) is 0 Å². The SMILES string of the molecule is CCn1cc2c(Cl)c(-c3nn(C4CCCCO4)c4nc(N5[C@H]6CC[C@@H]5[C@H](NC(=O)O)C6)n(C)c(=O)c34)ccc2n1. The highest BCUT2D eigenvalue weighted by molar-refractivity contribution is 6.38. The van der Waals surface area contributed by atoms with Crippen molar-refractivity contribution in [3.05, 3.63) is 33.7 Å². The number of aryl methyl sites for hydroxylation is 1. The third kappa shape index (κ3) is 3.80. The lowest BCUT2D eigenvalue weighted by Gasteiger charge is -2.27. The molecule has 2 bridgehead atoms. The Labute approximate surface area is 234 Å². The lowest BCUT2D eigenvalue weighted by Crippen LogP contribution is -2.44. The molecule has 0 spiro atoms. The van der Waals surface area contributed by atoms with Gasteiger partial charge in [-0.1, -0.05) is 11.6 Å². The third-order valence-corrected chi connectivity index (χ3v) is 9.07. The molecule has 3 aliphatic heterocycles. The molecule has 12 nitrogen and oxygen atoms in total. The number of benzene rings is 1. The van der Waals surface area contributed by atoms with E-state index in [2.05, 4.69) is 15.3 Å². The van der Waals surface area contributed by atoms with Crippen molar-refractivity contribution >= 4 is 45.6 Å². The van der Waals surface area contributed by atoms with Gasteiger partial charge in [0.25, 0.3) is 5.56 Å². The number of hydrogen-bond acceptors (Lipinski definition) is 7. The van der Waals surface area contributed by atoms with E-state index < -0.39 is 6.09 Å². The molecule has 7 rings (SSSR count).